The lowest BCUT2D eigenvalue weighted by atomic mass is 10.2. The summed E-state index contributed by atoms with van der Waals surface area (Å²) < 4.78 is 50.7. The van der Waals surface area contributed by atoms with Gasteiger partial charge in [0, 0.05) is 11.8 Å². The molecule has 2 aromatic rings. The van der Waals surface area contributed by atoms with Crippen LogP contribution in [0.1, 0.15) is 5.56 Å². The smallest absolute Gasteiger partial charge is 0.265 e. The van der Waals surface area contributed by atoms with Gasteiger partial charge >= 0.3 is 0 Å². The molecule has 5 nitrogen and oxygen atoms in total. The van der Waals surface area contributed by atoms with Gasteiger partial charge in [0.05, 0.1) is 14.2 Å². The maximum Gasteiger partial charge on any atom is 0.265 e. The first-order valence-corrected chi connectivity index (χ1v) is 7.86. The summed E-state index contributed by atoms with van der Waals surface area (Å²) >= 11 is 0. The van der Waals surface area contributed by atoms with Crippen LogP contribution in [0, 0.1) is 12.7 Å². The van der Waals surface area contributed by atoms with E-state index in [1.54, 1.807) is 6.92 Å². The number of benzene rings is 2. The van der Waals surface area contributed by atoms with Crippen molar-refractivity contribution in [2.24, 2.45) is 0 Å². The third kappa shape index (κ3) is 3.30. The number of nitrogens with one attached hydrogen (secondary N) is 1. The Balaban J connectivity index is 2.39. The van der Waals surface area contributed by atoms with Gasteiger partial charge in [0.1, 0.15) is 22.2 Å². The van der Waals surface area contributed by atoms with Crippen molar-refractivity contribution in [3.63, 3.8) is 0 Å². The Kier molecular flexibility index (Phi) is 4.56. The number of ether oxygens (including phenoxy) is 2. The molecule has 118 valence electrons. The molecule has 0 amide bonds. The third-order valence-electron chi connectivity index (χ3n) is 3.07. The highest BCUT2D eigenvalue weighted by Crippen LogP contribution is 2.30. The van der Waals surface area contributed by atoms with E-state index in [0.717, 1.165) is 0 Å². The minimum Gasteiger partial charge on any atom is -0.497 e. The van der Waals surface area contributed by atoms with Crippen molar-refractivity contribution < 1.29 is 22.3 Å². The minimum absolute atomic E-state index is 0.0298. The van der Waals surface area contributed by atoms with Gasteiger partial charge in [-0.15, -0.1) is 0 Å². The molecule has 0 aliphatic heterocycles. The van der Waals surface area contributed by atoms with Gasteiger partial charge in [0.2, 0.25) is 0 Å². The van der Waals surface area contributed by atoms with E-state index in [2.05, 4.69) is 4.72 Å². The molecule has 2 aromatic carbocycles. The second-order valence-electron chi connectivity index (χ2n) is 4.59. The summed E-state index contributed by atoms with van der Waals surface area (Å²) in [5.41, 5.74) is 0.624. The first kappa shape index (κ1) is 16.1. The fraction of sp³-hybridized carbons (Fsp3) is 0.200. The first-order chi connectivity index (χ1) is 10.4. The van der Waals surface area contributed by atoms with Crippen molar-refractivity contribution in [1.29, 1.82) is 0 Å². The van der Waals surface area contributed by atoms with E-state index >= 15 is 0 Å². The molecule has 0 aliphatic rings. The van der Waals surface area contributed by atoms with Crippen molar-refractivity contribution in [3.8, 4) is 11.5 Å². The molecule has 0 fully saturated rings. The van der Waals surface area contributed by atoms with Gasteiger partial charge in [-0.1, -0.05) is 0 Å². The van der Waals surface area contributed by atoms with Crippen LogP contribution in [-0.2, 0) is 10.0 Å². The van der Waals surface area contributed by atoms with E-state index in [-0.39, 0.29) is 16.3 Å². The lowest BCUT2D eigenvalue weighted by Crippen LogP contribution is -2.14. The van der Waals surface area contributed by atoms with Crippen molar-refractivity contribution in [2.75, 3.05) is 18.9 Å². The Morgan fingerprint density at radius 1 is 1.05 bits per heavy atom. The van der Waals surface area contributed by atoms with Crippen LogP contribution in [0.5, 0.6) is 11.5 Å². The number of hydrogen-bond donors (Lipinski definition) is 1. The van der Waals surface area contributed by atoms with E-state index in [0.29, 0.717) is 11.3 Å². The number of aryl methyl sites for hydroxylation is 1. The number of halogens is 1. The van der Waals surface area contributed by atoms with E-state index in [1.807, 2.05) is 0 Å². The molecule has 0 spiro atoms. The Bertz CT molecular complexity index is 790. The summed E-state index contributed by atoms with van der Waals surface area (Å²) in [6.07, 6.45) is 0. The molecule has 0 saturated heterocycles. The Morgan fingerprint density at radius 3 is 2.36 bits per heavy atom. The highest BCUT2D eigenvalue weighted by atomic mass is 32.2. The van der Waals surface area contributed by atoms with Gasteiger partial charge < -0.3 is 9.47 Å². The van der Waals surface area contributed by atoms with Crippen molar-refractivity contribution in [2.45, 2.75) is 11.8 Å². The van der Waals surface area contributed by atoms with Crippen LogP contribution in [0.4, 0.5) is 10.1 Å². The molecule has 7 heteroatoms. The van der Waals surface area contributed by atoms with E-state index < -0.39 is 15.8 Å². The van der Waals surface area contributed by atoms with Gasteiger partial charge in [0.15, 0.2) is 0 Å². The van der Waals surface area contributed by atoms with Gasteiger partial charge in [-0.2, -0.15) is 0 Å². The van der Waals surface area contributed by atoms with Gasteiger partial charge in [-0.05, 0) is 42.8 Å². The van der Waals surface area contributed by atoms with Gasteiger partial charge in [-0.25, -0.2) is 12.8 Å². The molecule has 2 rings (SSSR count). The fourth-order valence-electron chi connectivity index (χ4n) is 1.92. The normalized spacial score (nSPS) is 11.1. The standard InChI is InChI=1S/C15H16FNO4S/c1-10-8-11(4-6-13(10)16)17-22(18,19)15-7-5-12(20-2)9-14(15)21-3/h4-9,17H,1-3H3. The Hall–Kier alpha value is -2.28. The highest BCUT2D eigenvalue weighted by Gasteiger charge is 2.20. The predicted octanol–water partition coefficient (Wildman–Crippen LogP) is 2.95. The largest absolute Gasteiger partial charge is 0.497 e. The van der Waals surface area contributed by atoms with Crippen LogP contribution in [-0.4, -0.2) is 22.6 Å². The molecular weight excluding hydrogens is 309 g/mol. The zero-order chi connectivity index (χ0) is 16.3. The van der Waals surface area contributed by atoms with Crippen LogP contribution in [0.3, 0.4) is 0 Å². The van der Waals surface area contributed by atoms with Crippen LogP contribution in [0.2, 0.25) is 0 Å². The summed E-state index contributed by atoms with van der Waals surface area (Å²) in [4.78, 5) is -0.0298. The van der Waals surface area contributed by atoms with Crippen LogP contribution < -0.4 is 14.2 Å². The SMILES string of the molecule is COc1ccc(S(=O)(=O)Nc2ccc(F)c(C)c2)c(OC)c1. The highest BCUT2D eigenvalue weighted by molar-refractivity contribution is 7.92. The predicted molar refractivity (Wildman–Crippen MR) is 81.5 cm³/mol. The maximum absolute atomic E-state index is 13.2. The van der Waals surface area contributed by atoms with Crippen LogP contribution >= 0.6 is 0 Å². The molecule has 0 unspecified atom stereocenters. The number of rotatable bonds is 5. The fourth-order valence-corrected chi connectivity index (χ4v) is 3.12. The molecule has 0 radical (unpaired) electrons. The lowest BCUT2D eigenvalue weighted by Gasteiger charge is -2.13. The molecule has 0 heterocycles. The number of methoxy groups -OCH3 is 2. The van der Waals surface area contributed by atoms with Crippen molar-refractivity contribution >= 4 is 15.7 Å². The first-order valence-electron chi connectivity index (χ1n) is 6.38. The summed E-state index contributed by atoms with van der Waals surface area (Å²) in [6.45, 7) is 1.56. The molecule has 22 heavy (non-hydrogen) atoms. The average Bonchev–Trinajstić information content (AvgIpc) is 2.50. The molecule has 0 aliphatic carbocycles. The number of anilines is 1. The van der Waals surface area contributed by atoms with Gasteiger partial charge in [-0.3, -0.25) is 4.72 Å². The topological polar surface area (TPSA) is 64.6 Å². The lowest BCUT2D eigenvalue weighted by molar-refractivity contribution is 0.386. The Labute approximate surface area is 128 Å². The van der Waals surface area contributed by atoms with E-state index in [9.17, 15) is 12.8 Å². The second-order valence-corrected chi connectivity index (χ2v) is 6.24. The average molecular weight is 325 g/mol. The Morgan fingerprint density at radius 2 is 1.77 bits per heavy atom. The quantitative estimate of drug-likeness (QED) is 0.918. The van der Waals surface area contributed by atoms with Crippen LogP contribution in [0.25, 0.3) is 0 Å². The molecule has 0 atom stereocenters. The molecule has 0 aromatic heterocycles. The second kappa shape index (κ2) is 6.23. The molecule has 0 saturated carbocycles. The molecular formula is C15H16FNO4S. The molecule has 0 bridgehead atoms. The summed E-state index contributed by atoms with van der Waals surface area (Å²) in [6, 6.07) is 8.37. The zero-order valence-corrected chi connectivity index (χ0v) is 13.2. The number of sulfonamides is 1. The van der Waals surface area contributed by atoms with E-state index in [4.69, 9.17) is 9.47 Å². The summed E-state index contributed by atoms with van der Waals surface area (Å²) in [5, 5.41) is 0. The number of hydrogen-bond acceptors (Lipinski definition) is 4. The van der Waals surface area contributed by atoms with Crippen molar-refractivity contribution in [3.05, 3.63) is 47.8 Å². The summed E-state index contributed by atoms with van der Waals surface area (Å²) in [5.74, 6) is 0.240. The summed E-state index contributed by atoms with van der Waals surface area (Å²) in [7, 11) is -1.02. The minimum atomic E-state index is -3.86. The van der Waals surface area contributed by atoms with Crippen molar-refractivity contribution in [1.82, 2.24) is 0 Å². The van der Waals surface area contributed by atoms with E-state index in [1.165, 1.54) is 50.6 Å². The van der Waals surface area contributed by atoms with Gasteiger partial charge in [0.25, 0.3) is 10.0 Å². The maximum atomic E-state index is 13.2. The zero-order valence-electron chi connectivity index (χ0n) is 12.4. The van der Waals surface area contributed by atoms with Crippen LogP contribution in [0.15, 0.2) is 41.3 Å². The third-order valence-corrected chi connectivity index (χ3v) is 4.49. The molecule has 1 N–H and O–H groups in total. The monoisotopic (exact) mass is 325 g/mol.